The SMILES string of the molecule is COc1cc(Cl)ccc1C(=O)N[C@H]1CCc2cnn(C(C)C)c2C1. The van der Waals surface area contributed by atoms with Crippen LogP contribution in [0.5, 0.6) is 5.75 Å². The molecule has 0 radical (unpaired) electrons. The first-order valence-electron chi connectivity index (χ1n) is 8.19. The number of benzene rings is 1. The van der Waals surface area contributed by atoms with Crippen molar-refractivity contribution in [2.75, 3.05) is 7.11 Å². The molecule has 1 atom stereocenters. The van der Waals surface area contributed by atoms with Gasteiger partial charge in [-0.05, 0) is 50.5 Å². The third-order valence-electron chi connectivity index (χ3n) is 4.42. The van der Waals surface area contributed by atoms with Crippen LogP contribution in [-0.2, 0) is 12.8 Å². The summed E-state index contributed by atoms with van der Waals surface area (Å²) in [6.07, 6.45) is 4.61. The van der Waals surface area contributed by atoms with Crippen molar-refractivity contribution in [3.63, 3.8) is 0 Å². The van der Waals surface area contributed by atoms with E-state index in [9.17, 15) is 4.79 Å². The Hall–Kier alpha value is -2.01. The molecule has 1 aliphatic rings. The molecule has 1 N–H and O–H groups in total. The number of amides is 1. The van der Waals surface area contributed by atoms with E-state index in [4.69, 9.17) is 16.3 Å². The smallest absolute Gasteiger partial charge is 0.255 e. The van der Waals surface area contributed by atoms with Crippen LogP contribution >= 0.6 is 11.6 Å². The first-order chi connectivity index (χ1) is 11.5. The molecule has 0 aliphatic heterocycles. The Kier molecular flexibility index (Phi) is 4.81. The maximum atomic E-state index is 12.6. The summed E-state index contributed by atoms with van der Waals surface area (Å²) in [6, 6.07) is 5.47. The topological polar surface area (TPSA) is 56.1 Å². The highest BCUT2D eigenvalue weighted by Gasteiger charge is 2.25. The van der Waals surface area contributed by atoms with Gasteiger partial charge in [-0.15, -0.1) is 0 Å². The zero-order valence-corrected chi connectivity index (χ0v) is 14.9. The van der Waals surface area contributed by atoms with Gasteiger partial charge >= 0.3 is 0 Å². The summed E-state index contributed by atoms with van der Waals surface area (Å²) >= 11 is 5.96. The largest absolute Gasteiger partial charge is 0.496 e. The van der Waals surface area contributed by atoms with Gasteiger partial charge < -0.3 is 10.1 Å². The number of methoxy groups -OCH3 is 1. The number of ether oxygens (including phenoxy) is 1. The Balaban J connectivity index is 1.75. The number of fused-ring (bicyclic) bond motifs is 1. The van der Waals surface area contributed by atoms with Crippen LogP contribution in [0.2, 0.25) is 5.02 Å². The summed E-state index contributed by atoms with van der Waals surface area (Å²) in [5.74, 6) is 0.358. The number of nitrogens with zero attached hydrogens (tertiary/aromatic N) is 2. The van der Waals surface area contributed by atoms with Crippen LogP contribution in [0.25, 0.3) is 0 Å². The lowest BCUT2D eigenvalue weighted by Gasteiger charge is -2.25. The van der Waals surface area contributed by atoms with Crippen LogP contribution in [0.15, 0.2) is 24.4 Å². The molecular formula is C18H22ClN3O2. The Labute approximate surface area is 147 Å². The molecule has 6 heteroatoms. The van der Waals surface area contributed by atoms with E-state index >= 15 is 0 Å². The van der Waals surface area contributed by atoms with E-state index in [1.165, 1.54) is 18.4 Å². The minimum atomic E-state index is -0.132. The lowest BCUT2D eigenvalue weighted by molar-refractivity contribution is 0.0930. The van der Waals surface area contributed by atoms with Gasteiger partial charge in [-0.3, -0.25) is 9.48 Å². The first kappa shape index (κ1) is 16.8. The van der Waals surface area contributed by atoms with Crippen molar-refractivity contribution in [2.24, 2.45) is 0 Å². The summed E-state index contributed by atoms with van der Waals surface area (Å²) < 4.78 is 7.32. The van der Waals surface area contributed by atoms with Crippen molar-refractivity contribution >= 4 is 17.5 Å². The molecule has 0 saturated heterocycles. The molecule has 3 rings (SSSR count). The monoisotopic (exact) mass is 347 g/mol. The van der Waals surface area contributed by atoms with Crippen LogP contribution in [-0.4, -0.2) is 28.8 Å². The molecule has 0 bridgehead atoms. The molecule has 128 valence electrons. The van der Waals surface area contributed by atoms with E-state index in [-0.39, 0.29) is 11.9 Å². The molecule has 1 aromatic carbocycles. The third kappa shape index (κ3) is 3.26. The van der Waals surface area contributed by atoms with E-state index in [0.29, 0.717) is 22.4 Å². The maximum Gasteiger partial charge on any atom is 0.255 e. The Bertz CT molecular complexity index is 755. The summed E-state index contributed by atoms with van der Waals surface area (Å²) in [5.41, 5.74) is 3.02. The van der Waals surface area contributed by atoms with Crippen LogP contribution in [0.4, 0.5) is 0 Å². The Morgan fingerprint density at radius 1 is 1.46 bits per heavy atom. The second-order valence-corrected chi connectivity index (χ2v) is 6.85. The lowest BCUT2D eigenvalue weighted by Crippen LogP contribution is -2.39. The first-order valence-corrected chi connectivity index (χ1v) is 8.57. The summed E-state index contributed by atoms with van der Waals surface area (Å²) in [6.45, 7) is 4.24. The van der Waals surface area contributed by atoms with Gasteiger partial charge in [-0.2, -0.15) is 5.10 Å². The molecule has 1 amide bonds. The fourth-order valence-corrected chi connectivity index (χ4v) is 3.37. The molecule has 5 nitrogen and oxygen atoms in total. The number of hydrogen-bond acceptors (Lipinski definition) is 3. The van der Waals surface area contributed by atoms with E-state index < -0.39 is 0 Å². The highest BCUT2D eigenvalue weighted by Crippen LogP contribution is 2.26. The number of halogens is 1. The maximum absolute atomic E-state index is 12.6. The third-order valence-corrected chi connectivity index (χ3v) is 4.65. The van der Waals surface area contributed by atoms with Gasteiger partial charge in [0.05, 0.1) is 18.9 Å². The summed E-state index contributed by atoms with van der Waals surface area (Å²) in [4.78, 5) is 12.6. The molecule has 24 heavy (non-hydrogen) atoms. The molecule has 1 aliphatic carbocycles. The van der Waals surface area contributed by atoms with Crippen molar-refractivity contribution in [1.29, 1.82) is 0 Å². The van der Waals surface area contributed by atoms with Gasteiger partial charge in [-0.1, -0.05) is 11.6 Å². The average Bonchev–Trinajstić information content (AvgIpc) is 2.97. The molecule has 0 spiro atoms. The zero-order chi connectivity index (χ0) is 17.3. The van der Waals surface area contributed by atoms with Gasteiger partial charge in [0, 0.05) is 29.2 Å². The van der Waals surface area contributed by atoms with Crippen molar-refractivity contribution < 1.29 is 9.53 Å². The van der Waals surface area contributed by atoms with E-state index in [0.717, 1.165) is 19.3 Å². The molecular weight excluding hydrogens is 326 g/mol. The Morgan fingerprint density at radius 3 is 2.96 bits per heavy atom. The van der Waals surface area contributed by atoms with E-state index in [2.05, 4.69) is 28.9 Å². The molecule has 0 fully saturated rings. The molecule has 1 heterocycles. The Morgan fingerprint density at radius 2 is 2.25 bits per heavy atom. The fraction of sp³-hybridized carbons (Fsp3) is 0.444. The number of hydrogen-bond donors (Lipinski definition) is 1. The summed E-state index contributed by atoms with van der Waals surface area (Å²) in [7, 11) is 1.54. The molecule has 0 saturated carbocycles. The second kappa shape index (κ2) is 6.85. The molecule has 2 aromatic rings. The fourth-order valence-electron chi connectivity index (χ4n) is 3.21. The zero-order valence-electron chi connectivity index (χ0n) is 14.2. The number of aromatic nitrogens is 2. The van der Waals surface area contributed by atoms with Crippen molar-refractivity contribution in [1.82, 2.24) is 15.1 Å². The normalized spacial score (nSPS) is 16.8. The highest BCUT2D eigenvalue weighted by atomic mass is 35.5. The lowest BCUT2D eigenvalue weighted by atomic mass is 9.93. The second-order valence-electron chi connectivity index (χ2n) is 6.41. The van der Waals surface area contributed by atoms with Gasteiger partial charge in [0.2, 0.25) is 0 Å². The van der Waals surface area contributed by atoms with Gasteiger partial charge in [0.25, 0.3) is 5.91 Å². The minimum Gasteiger partial charge on any atom is -0.496 e. The number of carbonyl (C=O) groups is 1. The highest BCUT2D eigenvalue weighted by molar-refractivity contribution is 6.30. The van der Waals surface area contributed by atoms with Crippen LogP contribution < -0.4 is 10.1 Å². The molecule has 0 unspecified atom stereocenters. The van der Waals surface area contributed by atoms with Crippen LogP contribution in [0.1, 0.15) is 47.9 Å². The molecule has 1 aromatic heterocycles. The van der Waals surface area contributed by atoms with Crippen molar-refractivity contribution in [3.05, 3.63) is 46.2 Å². The number of nitrogens with one attached hydrogen (secondary N) is 1. The quantitative estimate of drug-likeness (QED) is 0.922. The van der Waals surface area contributed by atoms with E-state index in [1.807, 2.05) is 6.20 Å². The van der Waals surface area contributed by atoms with Gasteiger partial charge in [-0.25, -0.2) is 0 Å². The number of aryl methyl sites for hydroxylation is 1. The number of carbonyl (C=O) groups excluding carboxylic acids is 1. The van der Waals surface area contributed by atoms with E-state index in [1.54, 1.807) is 18.2 Å². The minimum absolute atomic E-state index is 0.0968. The van der Waals surface area contributed by atoms with Crippen molar-refractivity contribution in [2.45, 2.75) is 45.2 Å². The van der Waals surface area contributed by atoms with Gasteiger partial charge in [0.1, 0.15) is 5.75 Å². The summed E-state index contributed by atoms with van der Waals surface area (Å²) in [5, 5.41) is 8.15. The van der Waals surface area contributed by atoms with Crippen LogP contribution in [0, 0.1) is 0 Å². The standard InChI is InChI=1S/C18H22ClN3O2/c1-11(2)22-16-9-14(6-4-12(16)10-20-22)21-18(23)15-7-5-13(19)8-17(15)24-3/h5,7-8,10-11,14H,4,6,9H2,1-3H3,(H,21,23)/t14-/m0/s1. The predicted octanol–water partition coefficient (Wildman–Crippen LogP) is 3.41. The average molecular weight is 348 g/mol. The number of rotatable bonds is 4. The van der Waals surface area contributed by atoms with Crippen molar-refractivity contribution in [3.8, 4) is 5.75 Å². The van der Waals surface area contributed by atoms with Gasteiger partial charge in [0.15, 0.2) is 0 Å². The van der Waals surface area contributed by atoms with Crippen LogP contribution in [0.3, 0.4) is 0 Å². The predicted molar refractivity (Wildman–Crippen MR) is 93.9 cm³/mol.